The number of esters is 2. The van der Waals surface area contributed by atoms with Crippen molar-refractivity contribution in [2.45, 2.75) is 248 Å². The number of cyclic esters (lactones) is 1. The maximum atomic E-state index is 14.8. The molecule has 4 aliphatic carbocycles. The van der Waals surface area contributed by atoms with Gasteiger partial charge in [0.25, 0.3) is 0 Å². The molecular formula is C57H90O23. The second-order valence-corrected chi connectivity index (χ2v) is 25.9. The molecule has 23 nitrogen and oxygen atoms in total. The van der Waals surface area contributed by atoms with E-state index in [2.05, 4.69) is 33.8 Å². The summed E-state index contributed by atoms with van der Waals surface area (Å²) in [5, 5.41) is 99.3. The molecule has 9 N–H and O–H groups in total. The molecule has 9 rings (SSSR count). The highest BCUT2D eigenvalue weighted by Gasteiger charge is 2.79. The summed E-state index contributed by atoms with van der Waals surface area (Å²) in [6.45, 7) is 18.8. The third kappa shape index (κ3) is 10.6. The van der Waals surface area contributed by atoms with Gasteiger partial charge in [-0.1, -0.05) is 51.5 Å². The summed E-state index contributed by atoms with van der Waals surface area (Å²) in [7, 11) is 1.27. The van der Waals surface area contributed by atoms with Crippen molar-refractivity contribution in [3.8, 4) is 0 Å². The molecule has 27 atom stereocenters. The molecule has 0 radical (unpaired) electrons. The number of carbonyl (C=O) groups is 2. The van der Waals surface area contributed by atoms with Crippen LogP contribution >= 0.6 is 0 Å². The quantitative estimate of drug-likeness (QED) is 0.0763. The van der Waals surface area contributed by atoms with Crippen LogP contribution in [0.25, 0.3) is 0 Å². The van der Waals surface area contributed by atoms with E-state index in [4.69, 9.17) is 56.8 Å². The Hall–Kier alpha value is -2.34. The lowest BCUT2D eigenvalue weighted by molar-refractivity contribution is -0.387. The van der Waals surface area contributed by atoms with E-state index in [-0.39, 0.29) is 42.4 Å². The predicted molar refractivity (Wildman–Crippen MR) is 276 cm³/mol. The molecule has 0 aromatic rings. The van der Waals surface area contributed by atoms with Crippen molar-refractivity contribution in [1.82, 2.24) is 0 Å². The Morgan fingerprint density at radius 1 is 0.775 bits per heavy atom. The zero-order chi connectivity index (χ0) is 58.4. The number of aliphatic hydroxyl groups excluding tert-OH is 9. The van der Waals surface area contributed by atoms with Gasteiger partial charge in [-0.25, -0.2) is 0 Å². The summed E-state index contributed by atoms with van der Waals surface area (Å²) in [6, 6.07) is 0. The van der Waals surface area contributed by atoms with Crippen LogP contribution in [0.4, 0.5) is 0 Å². The van der Waals surface area contributed by atoms with Crippen LogP contribution in [0.2, 0.25) is 0 Å². The minimum atomic E-state index is -1.88. The van der Waals surface area contributed by atoms with Gasteiger partial charge in [0.05, 0.1) is 49.0 Å². The molecule has 80 heavy (non-hydrogen) atoms. The Kier molecular flexibility index (Phi) is 18.0. The van der Waals surface area contributed by atoms with Gasteiger partial charge in [-0.3, -0.25) is 9.59 Å². The molecule has 0 amide bonds. The zero-order valence-corrected chi connectivity index (χ0v) is 48.0. The van der Waals surface area contributed by atoms with Crippen LogP contribution in [-0.2, 0) is 66.4 Å². The highest BCUT2D eigenvalue weighted by molar-refractivity contribution is 5.84. The number of allylic oxidation sites excluding steroid dienone is 2. The van der Waals surface area contributed by atoms with E-state index in [0.717, 1.165) is 12.8 Å². The van der Waals surface area contributed by atoms with Crippen LogP contribution < -0.4 is 0 Å². The van der Waals surface area contributed by atoms with Gasteiger partial charge in [-0.05, 0) is 95.8 Å². The van der Waals surface area contributed by atoms with Gasteiger partial charge in [0.15, 0.2) is 25.2 Å². The number of hydrogen-bond acceptors (Lipinski definition) is 23. The van der Waals surface area contributed by atoms with Gasteiger partial charge in [-0.15, -0.1) is 0 Å². The Morgan fingerprint density at radius 3 is 2.10 bits per heavy atom. The molecular weight excluding hydrogens is 1050 g/mol. The highest BCUT2D eigenvalue weighted by Crippen LogP contribution is 2.76. The first-order valence-corrected chi connectivity index (χ1v) is 28.7. The maximum absolute atomic E-state index is 14.8. The fourth-order valence-corrected chi connectivity index (χ4v) is 16.4. The first-order chi connectivity index (χ1) is 37.5. The van der Waals surface area contributed by atoms with E-state index in [1.54, 1.807) is 0 Å². The Labute approximate surface area is 468 Å². The van der Waals surface area contributed by atoms with Crippen molar-refractivity contribution >= 4 is 11.9 Å². The van der Waals surface area contributed by atoms with Crippen LogP contribution in [0, 0.1) is 39.4 Å². The molecule has 1 spiro atoms. The van der Waals surface area contributed by atoms with Crippen molar-refractivity contribution in [2.75, 3.05) is 33.5 Å². The minimum absolute atomic E-state index is 0.0600. The van der Waals surface area contributed by atoms with Crippen molar-refractivity contribution in [3.63, 3.8) is 0 Å². The summed E-state index contributed by atoms with van der Waals surface area (Å²) < 4.78 is 72.0. The highest BCUT2D eigenvalue weighted by atomic mass is 16.8. The zero-order valence-electron chi connectivity index (χ0n) is 48.0. The summed E-state index contributed by atoms with van der Waals surface area (Å²) in [5.41, 5.74) is -2.61. The van der Waals surface area contributed by atoms with Crippen LogP contribution in [0.1, 0.15) is 114 Å². The number of rotatable bonds is 16. The molecule has 5 heterocycles. The topological polar surface area (TPSA) is 327 Å². The monoisotopic (exact) mass is 1140 g/mol. The SMILES string of the molecule is CCOC(C)(C)C=CCC1(C)OC(=O)C23CCC4C(=CCC5C(C)(C)C(OC6OCC(O)C(O)C6OC6OC(C)C(OC7OC(CO)C(O)C(OC8OCC(O)C(OC)C8O)C7O)C(O)C6O)CCC45C)C2(C)CC(OC(C)=O)C13. The van der Waals surface area contributed by atoms with Crippen LogP contribution in [0.15, 0.2) is 23.8 Å². The fraction of sp³-hybridized carbons (Fsp3) is 0.895. The van der Waals surface area contributed by atoms with Crippen LogP contribution in [-0.4, -0.2) is 225 Å². The standard InChI is InChI=1S/C57H90O23/c1-12-72-52(4,5)18-13-19-56(10)46-32(74-27(3)59)22-55(9)29-14-15-34-53(6,7)35(17-20-54(34,8)28(29)16-21-57(46,55)51(68)80-56)76-50-45(36(62)30(60)24-71-50)79-48-39(65)38(64)42(26(2)73-48)77-49-41(67)44(37(63)33(23-58)75-49)78-47-40(66)43(69-11)31(61)25-70-47/h13-14,18,26,28,30-50,58,60-67H,12,15-17,19-25H2,1-11H3. The number of aliphatic hydroxyl groups is 9. The third-order valence-corrected chi connectivity index (χ3v) is 20.3. The number of methoxy groups -OCH3 is 1. The average Bonchev–Trinajstić information content (AvgIpc) is 3.71. The van der Waals surface area contributed by atoms with Crippen molar-refractivity contribution in [2.24, 2.45) is 39.4 Å². The van der Waals surface area contributed by atoms with E-state index in [1.165, 1.54) is 26.5 Å². The Bertz CT molecular complexity index is 2260. The molecule has 456 valence electrons. The fourth-order valence-electron chi connectivity index (χ4n) is 16.4. The van der Waals surface area contributed by atoms with E-state index < -0.39 is 163 Å². The lowest BCUT2D eigenvalue weighted by Gasteiger charge is -2.63. The average molecular weight is 1140 g/mol. The van der Waals surface area contributed by atoms with Crippen LogP contribution in [0.3, 0.4) is 0 Å². The normalized spacial score (nSPS) is 50.2. The van der Waals surface area contributed by atoms with Crippen LogP contribution in [0.5, 0.6) is 0 Å². The van der Waals surface area contributed by atoms with Gasteiger partial charge in [0.1, 0.15) is 91.1 Å². The molecule has 9 aliphatic rings. The molecule has 0 bridgehead atoms. The number of carbonyl (C=O) groups excluding carboxylic acids is 2. The first-order valence-electron chi connectivity index (χ1n) is 28.7. The number of ether oxygens (including phenoxy) is 12. The summed E-state index contributed by atoms with van der Waals surface area (Å²) in [5.74, 6) is -0.884. The molecule has 5 aliphatic heterocycles. The van der Waals surface area contributed by atoms with Crippen molar-refractivity contribution < 1.29 is 112 Å². The van der Waals surface area contributed by atoms with Gasteiger partial charge in [-0.2, -0.15) is 0 Å². The number of hydrogen-bond donors (Lipinski definition) is 9. The molecule has 0 aromatic heterocycles. The predicted octanol–water partition coefficient (Wildman–Crippen LogP) is 0.808. The molecule has 5 saturated heterocycles. The van der Waals surface area contributed by atoms with Crippen molar-refractivity contribution in [1.29, 1.82) is 0 Å². The summed E-state index contributed by atoms with van der Waals surface area (Å²) >= 11 is 0. The molecule has 27 unspecified atom stereocenters. The van der Waals surface area contributed by atoms with E-state index in [0.29, 0.717) is 38.7 Å². The summed E-state index contributed by atoms with van der Waals surface area (Å²) in [4.78, 5) is 27.6. The van der Waals surface area contributed by atoms with Crippen molar-refractivity contribution in [3.05, 3.63) is 23.8 Å². The minimum Gasteiger partial charge on any atom is -0.462 e. The molecule has 0 aromatic carbocycles. The van der Waals surface area contributed by atoms with Gasteiger partial charge >= 0.3 is 11.9 Å². The second-order valence-electron chi connectivity index (χ2n) is 25.9. The van der Waals surface area contributed by atoms with E-state index in [9.17, 15) is 55.5 Å². The van der Waals surface area contributed by atoms with E-state index >= 15 is 0 Å². The largest absolute Gasteiger partial charge is 0.462 e. The first kappa shape index (κ1) is 62.2. The summed E-state index contributed by atoms with van der Waals surface area (Å²) in [6.07, 6.45) is -17.8. The number of fused-ring (bicyclic) bond motifs is 4. The Balaban J connectivity index is 0.888. The van der Waals surface area contributed by atoms with Gasteiger partial charge < -0.3 is 103 Å². The lowest BCUT2D eigenvalue weighted by atomic mass is 9.41. The van der Waals surface area contributed by atoms with E-state index in [1.807, 2.05) is 39.8 Å². The second kappa shape index (κ2) is 23.2. The smallest absolute Gasteiger partial charge is 0.314 e. The van der Waals surface area contributed by atoms with Gasteiger partial charge in [0.2, 0.25) is 0 Å². The molecule has 23 heteroatoms. The molecule has 8 fully saturated rings. The van der Waals surface area contributed by atoms with Gasteiger partial charge in [0, 0.05) is 32.5 Å². The maximum Gasteiger partial charge on any atom is 0.314 e. The Morgan fingerprint density at radius 2 is 1.43 bits per heavy atom. The molecule has 3 saturated carbocycles. The lowest BCUT2D eigenvalue weighted by Crippen LogP contribution is -2.66. The third-order valence-electron chi connectivity index (χ3n) is 20.3.